The molecule has 2 amide bonds. The first-order valence-corrected chi connectivity index (χ1v) is 11.1. The fourth-order valence-electron chi connectivity index (χ4n) is 3.86. The fourth-order valence-corrected chi connectivity index (χ4v) is 3.86. The van der Waals surface area contributed by atoms with E-state index in [9.17, 15) is 9.59 Å². The molecule has 1 heterocycles. The molecule has 7 nitrogen and oxygen atoms in total. The van der Waals surface area contributed by atoms with Gasteiger partial charge >= 0.3 is 12.0 Å². The first kappa shape index (κ1) is 23.6. The smallest absolute Gasteiger partial charge is 0.325 e. The van der Waals surface area contributed by atoms with Gasteiger partial charge in [0.1, 0.15) is 18.4 Å². The van der Waals surface area contributed by atoms with Gasteiger partial charge in [-0.2, -0.15) is 0 Å². The van der Waals surface area contributed by atoms with Crippen LogP contribution in [0.4, 0.5) is 4.79 Å². The van der Waals surface area contributed by atoms with Crippen molar-refractivity contribution in [1.29, 1.82) is 0 Å². The number of hydrogen-bond donors (Lipinski definition) is 1. The molecule has 172 valence electrons. The van der Waals surface area contributed by atoms with E-state index in [0.29, 0.717) is 19.7 Å². The topological polar surface area (TPSA) is 71.1 Å². The summed E-state index contributed by atoms with van der Waals surface area (Å²) in [6, 6.07) is 16.4. The van der Waals surface area contributed by atoms with Crippen LogP contribution in [0.1, 0.15) is 25.3 Å². The Bertz CT molecular complexity index is 908. The number of likely N-dealkylation sites (tertiary alicyclic amines) is 1. The number of nitrogens with one attached hydrogen (secondary N) is 1. The molecular weight excluding hydrogens is 406 g/mol. The van der Waals surface area contributed by atoms with E-state index in [-0.39, 0.29) is 18.7 Å². The van der Waals surface area contributed by atoms with Crippen LogP contribution >= 0.6 is 0 Å². The highest BCUT2D eigenvalue weighted by Gasteiger charge is 2.24. The van der Waals surface area contributed by atoms with Crippen LogP contribution < -0.4 is 10.1 Å². The summed E-state index contributed by atoms with van der Waals surface area (Å²) in [5.41, 5.74) is 3.62. The molecule has 1 N–H and O–H groups in total. The summed E-state index contributed by atoms with van der Waals surface area (Å²) in [5, 5.41) is 2.61. The zero-order chi connectivity index (χ0) is 22.9. The number of ether oxygens (including phenoxy) is 2. The molecule has 2 aromatic carbocycles. The van der Waals surface area contributed by atoms with E-state index >= 15 is 0 Å². The minimum Gasteiger partial charge on any atom is -0.490 e. The number of benzene rings is 2. The molecule has 0 unspecified atom stereocenters. The van der Waals surface area contributed by atoms with Gasteiger partial charge in [0, 0.05) is 32.5 Å². The number of piperidine rings is 1. The second-order valence-corrected chi connectivity index (χ2v) is 8.19. The minimum absolute atomic E-state index is 0.0522. The maximum atomic E-state index is 12.2. The van der Waals surface area contributed by atoms with Gasteiger partial charge in [0.15, 0.2) is 0 Å². The number of carbonyl (C=O) groups excluding carboxylic acids is 2. The molecule has 1 fully saturated rings. The van der Waals surface area contributed by atoms with Gasteiger partial charge in [0.25, 0.3) is 0 Å². The summed E-state index contributed by atoms with van der Waals surface area (Å²) in [6.07, 6.45) is 1.54. The van der Waals surface area contributed by atoms with Crippen LogP contribution in [0, 0.1) is 0 Å². The highest BCUT2D eigenvalue weighted by Crippen LogP contribution is 2.29. The van der Waals surface area contributed by atoms with Crippen LogP contribution in [-0.4, -0.2) is 68.2 Å². The van der Waals surface area contributed by atoms with Crippen LogP contribution in [0.15, 0.2) is 48.5 Å². The molecule has 0 aliphatic carbocycles. The van der Waals surface area contributed by atoms with Crippen LogP contribution in [0.5, 0.6) is 5.75 Å². The van der Waals surface area contributed by atoms with E-state index in [1.54, 1.807) is 11.8 Å². The Labute approximate surface area is 190 Å². The lowest BCUT2D eigenvalue weighted by Crippen LogP contribution is -2.47. The molecule has 0 radical (unpaired) electrons. The van der Waals surface area contributed by atoms with Crippen molar-refractivity contribution in [3.63, 3.8) is 0 Å². The second-order valence-electron chi connectivity index (χ2n) is 8.19. The SMILES string of the molecule is CCOC(=O)CNC(=O)N1CCC(Oc2cccc(-c3ccccc3CN(C)C)c2)CC1. The van der Waals surface area contributed by atoms with Crippen LogP contribution in [0.3, 0.4) is 0 Å². The highest BCUT2D eigenvalue weighted by atomic mass is 16.5. The van der Waals surface area contributed by atoms with Gasteiger partial charge in [-0.05, 0) is 49.8 Å². The van der Waals surface area contributed by atoms with E-state index in [0.717, 1.165) is 30.7 Å². The first-order valence-electron chi connectivity index (χ1n) is 11.1. The normalized spacial score (nSPS) is 14.3. The molecule has 3 rings (SSSR count). The molecule has 1 aliphatic heterocycles. The van der Waals surface area contributed by atoms with Crippen molar-refractivity contribution >= 4 is 12.0 Å². The summed E-state index contributed by atoms with van der Waals surface area (Å²) < 4.78 is 11.1. The summed E-state index contributed by atoms with van der Waals surface area (Å²) in [6.45, 7) is 3.99. The van der Waals surface area contributed by atoms with Gasteiger partial charge in [0.05, 0.1) is 6.61 Å². The van der Waals surface area contributed by atoms with Crippen molar-refractivity contribution < 1.29 is 19.1 Å². The molecule has 1 saturated heterocycles. The molecule has 2 aromatic rings. The molecule has 0 aromatic heterocycles. The van der Waals surface area contributed by atoms with Crippen molar-refractivity contribution in [2.24, 2.45) is 0 Å². The lowest BCUT2D eigenvalue weighted by Gasteiger charge is -2.32. The van der Waals surface area contributed by atoms with E-state index in [1.807, 2.05) is 12.1 Å². The zero-order valence-electron chi connectivity index (χ0n) is 19.2. The van der Waals surface area contributed by atoms with Gasteiger partial charge in [-0.25, -0.2) is 4.79 Å². The third-order valence-electron chi connectivity index (χ3n) is 5.37. The van der Waals surface area contributed by atoms with E-state index in [2.05, 4.69) is 60.7 Å². The Morgan fingerprint density at radius 2 is 1.84 bits per heavy atom. The van der Waals surface area contributed by atoms with Crippen molar-refractivity contribution in [2.45, 2.75) is 32.4 Å². The van der Waals surface area contributed by atoms with Crippen LogP contribution in [-0.2, 0) is 16.1 Å². The number of carbonyl (C=O) groups is 2. The monoisotopic (exact) mass is 439 g/mol. The summed E-state index contributed by atoms with van der Waals surface area (Å²) >= 11 is 0. The molecule has 0 spiro atoms. The first-order chi connectivity index (χ1) is 15.5. The Morgan fingerprint density at radius 3 is 2.56 bits per heavy atom. The lowest BCUT2D eigenvalue weighted by atomic mass is 9.99. The van der Waals surface area contributed by atoms with Gasteiger partial charge in [-0.15, -0.1) is 0 Å². The molecule has 7 heteroatoms. The van der Waals surface area contributed by atoms with E-state index in [1.165, 1.54) is 11.1 Å². The standard InChI is InChI=1S/C25H33N3O4/c1-4-31-24(29)17-26-25(30)28-14-12-21(13-15-28)32-22-10-7-9-19(16-22)23-11-6-5-8-20(23)18-27(2)3/h5-11,16,21H,4,12-15,17-18H2,1-3H3,(H,26,30). The predicted octanol–water partition coefficient (Wildman–Crippen LogP) is 3.53. The minimum atomic E-state index is -0.425. The third-order valence-corrected chi connectivity index (χ3v) is 5.37. The Hall–Kier alpha value is -3.06. The maximum absolute atomic E-state index is 12.2. The van der Waals surface area contributed by atoms with Gasteiger partial charge in [-0.1, -0.05) is 36.4 Å². The molecular formula is C25H33N3O4. The largest absolute Gasteiger partial charge is 0.490 e. The van der Waals surface area contributed by atoms with Crippen molar-refractivity contribution in [3.8, 4) is 16.9 Å². The van der Waals surface area contributed by atoms with E-state index < -0.39 is 5.97 Å². The average Bonchev–Trinajstić information content (AvgIpc) is 2.78. The number of hydrogen-bond acceptors (Lipinski definition) is 5. The third kappa shape index (κ3) is 6.72. The molecule has 0 bridgehead atoms. The maximum Gasteiger partial charge on any atom is 0.325 e. The molecule has 0 saturated carbocycles. The number of urea groups is 1. The predicted molar refractivity (Wildman–Crippen MR) is 125 cm³/mol. The zero-order valence-corrected chi connectivity index (χ0v) is 19.2. The second kappa shape index (κ2) is 11.5. The number of nitrogens with zero attached hydrogens (tertiary/aromatic N) is 2. The summed E-state index contributed by atoms with van der Waals surface area (Å²) in [4.78, 5) is 27.5. The number of esters is 1. The average molecular weight is 440 g/mol. The lowest BCUT2D eigenvalue weighted by molar-refractivity contribution is -0.141. The van der Waals surface area contributed by atoms with Crippen molar-refractivity contribution in [1.82, 2.24) is 15.1 Å². The Balaban J connectivity index is 1.55. The number of rotatable bonds is 8. The van der Waals surface area contributed by atoms with Gasteiger partial charge in [0.2, 0.25) is 0 Å². The van der Waals surface area contributed by atoms with Crippen molar-refractivity contribution in [3.05, 3.63) is 54.1 Å². The number of amides is 2. The molecule has 0 atom stereocenters. The summed E-state index contributed by atoms with van der Waals surface area (Å²) in [5.74, 6) is 0.415. The fraction of sp³-hybridized carbons (Fsp3) is 0.440. The Morgan fingerprint density at radius 1 is 1.09 bits per heavy atom. The van der Waals surface area contributed by atoms with Crippen molar-refractivity contribution in [2.75, 3.05) is 40.3 Å². The highest BCUT2D eigenvalue weighted by molar-refractivity contribution is 5.80. The molecule has 1 aliphatic rings. The quantitative estimate of drug-likeness (QED) is 0.637. The molecule has 32 heavy (non-hydrogen) atoms. The Kier molecular flexibility index (Phi) is 8.50. The van der Waals surface area contributed by atoms with Crippen LogP contribution in [0.25, 0.3) is 11.1 Å². The summed E-state index contributed by atoms with van der Waals surface area (Å²) in [7, 11) is 4.14. The van der Waals surface area contributed by atoms with Gasteiger partial charge < -0.3 is 24.6 Å². The van der Waals surface area contributed by atoms with Crippen LogP contribution in [0.2, 0.25) is 0 Å². The van der Waals surface area contributed by atoms with Gasteiger partial charge in [-0.3, -0.25) is 4.79 Å². The van der Waals surface area contributed by atoms with E-state index in [4.69, 9.17) is 9.47 Å².